The molecule has 264 valence electrons. The van der Waals surface area contributed by atoms with Crippen LogP contribution >= 0.6 is 0 Å². The smallest absolute Gasteiger partial charge is 0.160 e. The maximum Gasteiger partial charge on any atom is 0.160 e. The minimum absolute atomic E-state index is 0.586. The lowest BCUT2D eigenvalue weighted by Gasteiger charge is -2.37. The topological polar surface area (TPSA) is 30.7 Å². The normalized spacial score (nSPS) is 11.6. The number of benzene rings is 8. The summed E-state index contributed by atoms with van der Waals surface area (Å²) in [6.07, 6.45) is 0. The Morgan fingerprint density at radius 3 is 1.43 bits per heavy atom. The van der Waals surface area contributed by atoms with Crippen LogP contribution in [0.1, 0.15) is 22.3 Å². The van der Waals surface area contributed by atoms with Crippen molar-refractivity contribution in [1.29, 1.82) is 0 Å². The van der Waals surface area contributed by atoms with E-state index in [-0.39, 0.29) is 0 Å². The van der Waals surface area contributed by atoms with E-state index in [4.69, 9.17) is 9.97 Å². The lowest BCUT2D eigenvalue weighted by Crippen LogP contribution is -2.31. The Morgan fingerprint density at radius 1 is 0.321 bits per heavy atom. The maximum atomic E-state index is 5.37. The van der Waals surface area contributed by atoms with Crippen molar-refractivity contribution in [1.82, 2.24) is 14.5 Å². The average Bonchev–Trinajstić information content (AvgIpc) is 3.62. The predicted octanol–water partition coefficient (Wildman–Crippen LogP) is 13.0. The van der Waals surface area contributed by atoms with Gasteiger partial charge in [0, 0.05) is 33.2 Å². The van der Waals surface area contributed by atoms with Crippen LogP contribution in [0.5, 0.6) is 0 Å². The molecule has 0 aliphatic carbocycles. The number of aromatic nitrogens is 3. The van der Waals surface area contributed by atoms with Gasteiger partial charge in [0.25, 0.3) is 0 Å². The van der Waals surface area contributed by atoms with Crippen LogP contribution in [0.2, 0.25) is 0 Å². The van der Waals surface area contributed by atoms with Crippen molar-refractivity contribution in [3.05, 3.63) is 247 Å². The summed E-state index contributed by atoms with van der Waals surface area (Å²) < 4.78 is 2.35. The molecule has 0 N–H and O–H groups in total. The summed E-state index contributed by atoms with van der Waals surface area (Å²) in [6.45, 7) is 0. The van der Waals surface area contributed by atoms with Crippen LogP contribution in [-0.2, 0) is 5.41 Å². The molecule has 3 nitrogen and oxygen atoms in total. The quantitative estimate of drug-likeness (QED) is 0.147. The summed E-state index contributed by atoms with van der Waals surface area (Å²) in [5.74, 6) is 0.679. The Bertz CT molecular complexity index is 2840. The van der Waals surface area contributed by atoms with E-state index in [1.165, 1.54) is 33.0 Å². The monoisotopic (exact) mass is 715 g/mol. The minimum atomic E-state index is -0.586. The first-order valence-corrected chi connectivity index (χ1v) is 19.1. The van der Waals surface area contributed by atoms with Gasteiger partial charge in [0.1, 0.15) is 0 Å². The van der Waals surface area contributed by atoms with Crippen LogP contribution in [0.25, 0.3) is 61.4 Å². The number of rotatable bonds is 8. The first-order valence-electron chi connectivity index (χ1n) is 19.1. The van der Waals surface area contributed by atoms with Crippen molar-refractivity contribution < 1.29 is 0 Å². The molecule has 0 aliphatic rings. The van der Waals surface area contributed by atoms with Crippen LogP contribution in [0.4, 0.5) is 0 Å². The summed E-state index contributed by atoms with van der Waals surface area (Å²) in [5.41, 5.74) is 12.4. The van der Waals surface area contributed by atoms with Gasteiger partial charge in [0.05, 0.1) is 27.8 Å². The van der Waals surface area contributed by atoms with Gasteiger partial charge in [-0.15, -0.1) is 0 Å². The number of nitrogens with zero attached hydrogens (tertiary/aromatic N) is 3. The zero-order valence-corrected chi connectivity index (χ0v) is 30.7. The first kappa shape index (κ1) is 33.2. The van der Waals surface area contributed by atoms with E-state index < -0.39 is 5.41 Å². The molecule has 0 saturated carbocycles. The zero-order valence-electron chi connectivity index (χ0n) is 30.7. The van der Waals surface area contributed by atoms with Gasteiger partial charge < -0.3 is 4.57 Å². The molecule has 0 bridgehead atoms. The van der Waals surface area contributed by atoms with Crippen LogP contribution in [0, 0.1) is 0 Å². The van der Waals surface area contributed by atoms with Gasteiger partial charge in [-0.3, -0.25) is 0 Å². The first-order chi connectivity index (χ1) is 27.8. The van der Waals surface area contributed by atoms with Crippen LogP contribution in [0.3, 0.4) is 0 Å². The third kappa shape index (κ3) is 5.69. The number of hydrogen-bond acceptors (Lipinski definition) is 2. The van der Waals surface area contributed by atoms with Crippen molar-refractivity contribution >= 4 is 21.8 Å². The summed E-state index contributed by atoms with van der Waals surface area (Å²) in [6, 6.07) is 79.8. The number of fused-ring (bicyclic) bond motifs is 3. The molecule has 0 spiro atoms. The molecule has 2 heterocycles. The largest absolute Gasteiger partial charge is 0.309 e. The van der Waals surface area contributed by atoms with Gasteiger partial charge in [-0.1, -0.05) is 182 Å². The van der Waals surface area contributed by atoms with Gasteiger partial charge in [0.15, 0.2) is 5.82 Å². The van der Waals surface area contributed by atoms with E-state index in [1.54, 1.807) is 0 Å². The van der Waals surface area contributed by atoms with Gasteiger partial charge in [-0.05, 0) is 64.7 Å². The van der Waals surface area contributed by atoms with Crippen LogP contribution in [0.15, 0.2) is 224 Å². The van der Waals surface area contributed by atoms with Crippen molar-refractivity contribution in [3.63, 3.8) is 0 Å². The van der Waals surface area contributed by atoms with E-state index in [0.717, 1.165) is 44.8 Å². The molecular formula is C53H37N3. The number of hydrogen-bond donors (Lipinski definition) is 0. The van der Waals surface area contributed by atoms with Crippen molar-refractivity contribution in [2.75, 3.05) is 0 Å². The number of para-hydroxylation sites is 2. The van der Waals surface area contributed by atoms with Gasteiger partial charge in [0.2, 0.25) is 0 Å². The summed E-state index contributed by atoms with van der Waals surface area (Å²) in [7, 11) is 0. The molecule has 0 unspecified atom stereocenters. The lowest BCUT2D eigenvalue weighted by molar-refractivity contribution is 0.745. The summed E-state index contributed by atoms with van der Waals surface area (Å²) in [4.78, 5) is 10.7. The SMILES string of the molecule is c1ccc(-c2cc(-c3ccc4c(c3)c3ccccc3n4-c3ccccc3)nc(-c3cccc(C(c4ccccc4)(c4ccccc4)c4ccccc4)c3)n2)cc1. The lowest BCUT2D eigenvalue weighted by atomic mass is 9.65. The molecule has 56 heavy (non-hydrogen) atoms. The highest BCUT2D eigenvalue weighted by molar-refractivity contribution is 6.10. The Morgan fingerprint density at radius 2 is 0.804 bits per heavy atom. The standard InChI is InChI=1S/C53H37N3/c1-6-19-38(20-7-1)48-37-49(39-33-34-51-47(36-39)46-31-16-17-32-50(46)56(51)45-29-14-5-15-30-45)55-52(54-48)40-21-18-28-44(35-40)53(41-22-8-2-9-23-41,42-24-10-3-11-25-42)43-26-12-4-13-27-43/h1-37H. The van der Waals surface area contributed by atoms with E-state index in [1.807, 2.05) is 6.07 Å². The molecule has 0 aliphatic heterocycles. The molecule has 0 atom stereocenters. The second-order valence-electron chi connectivity index (χ2n) is 14.2. The molecule has 10 rings (SSSR count). The Balaban J connectivity index is 1.19. The van der Waals surface area contributed by atoms with Crippen molar-refractivity contribution in [2.24, 2.45) is 0 Å². The van der Waals surface area contributed by atoms with Gasteiger partial charge in [-0.2, -0.15) is 0 Å². The second-order valence-corrected chi connectivity index (χ2v) is 14.2. The molecule has 8 aromatic carbocycles. The minimum Gasteiger partial charge on any atom is -0.309 e. The fraction of sp³-hybridized carbons (Fsp3) is 0.0189. The van der Waals surface area contributed by atoms with Crippen molar-refractivity contribution in [2.45, 2.75) is 5.41 Å². The average molecular weight is 716 g/mol. The van der Waals surface area contributed by atoms with Crippen molar-refractivity contribution in [3.8, 4) is 39.6 Å². The molecule has 0 radical (unpaired) electrons. The molecular weight excluding hydrogens is 679 g/mol. The van der Waals surface area contributed by atoms with Crippen LogP contribution in [-0.4, -0.2) is 14.5 Å². The summed E-state index contributed by atoms with van der Waals surface area (Å²) in [5, 5.41) is 2.39. The molecule has 0 amide bonds. The Hall–Kier alpha value is -7.36. The third-order valence-corrected chi connectivity index (χ3v) is 11.0. The molecule has 0 saturated heterocycles. The fourth-order valence-corrected chi connectivity index (χ4v) is 8.42. The highest BCUT2D eigenvalue weighted by Gasteiger charge is 2.38. The molecule has 0 fully saturated rings. The third-order valence-electron chi connectivity index (χ3n) is 11.0. The Kier molecular flexibility index (Phi) is 8.38. The van der Waals surface area contributed by atoms with Gasteiger partial charge in [-0.25, -0.2) is 9.97 Å². The highest BCUT2D eigenvalue weighted by Crippen LogP contribution is 2.46. The predicted molar refractivity (Wildman–Crippen MR) is 231 cm³/mol. The fourth-order valence-electron chi connectivity index (χ4n) is 8.42. The van der Waals surface area contributed by atoms with E-state index in [2.05, 4.69) is 223 Å². The highest BCUT2D eigenvalue weighted by atomic mass is 15.0. The Labute approximate surface area is 326 Å². The molecule has 2 aromatic heterocycles. The van der Waals surface area contributed by atoms with E-state index in [0.29, 0.717) is 5.82 Å². The zero-order chi connectivity index (χ0) is 37.3. The molecule has 3 heteroatoms. The van der Waals surface area contributed by atoms with E-state index in [9.17, 15) is 0 Å². The molecule has 10 aromatic rings. The van der Waals surface area contributed by atoms with Crippen LogP contribution < -0.4 is 0 Å². The van der Waals surface area contributed by atoms with Gasteiger partial charge >= 0.3 is 0 Å². The van der Waals surface area contributed by atoms with E-state index >= 15 is 0 Å². The maximum absolute atomic E-state index is 5.37. The summed E-state index contributed by atoms with van der Waals surface area (Å²) >= 11 is 0. The second kappa shape index (κ2) is 14.1.